The van der Waals surface area contributed by atoms with E-state index >= 15 is 0 Å². The third-order valence-electron chi connectivity index (χ3n) is 17.4. The van der Waals surface area contributed by atoms with Crippen molar-refractivity contribution in [3.63, 3.8) is 0 Å². The molecule has 11 aromatic rings. The Balaban J connectivity index is 1.02. The fraction of sp³-hybridized carbons (Fsp3) is 0.321. The molecule has 0 saturated carbocycles. The first-order chi connectivity index (χ1) is 39.4. The Bertz CT molecular complexity index is 4290. The van der Waals surface area contributed by atoms with Crippen LogP contribution in [0.4, 0.5) is 22.7 Å². The van der Waals surface area contributed by atoms with Crippen LogP contribution in [-0.4, -0.2) is 16.2 Å². The zero-order valence-electron chi connectivity index (χ0n) is 53.0. The molecule has 0 unspecified atom stereocenters. The van der Waals surface area contributed by atoms with E-state index in [1.54, 1.807) is 0 Å². The average Bonchev–Trinajstić information content (AvgIpc) is 1.52. The molecule has 12 rings (SSSR count). The molecule has 6 nitrogen and oxygen atoms in total. The molecule has 84 heavy (non-hydrogen) atoms. The predicted octanol–water partition coefficient (Wildman–Crippen LogP) is 22.2. The summed E-state index contributed by atoms with van der Waals surface area (Å²) in [5.41, 5.74) is 20.7. The van der Waals surface area contributed by atoms with Gasteiger partial charge in [-0.3, -0.25) is 4.57 Å². The third-order valence-corrected chi connectivity index (χ3v) is 17.4. The highest BCUT2D eigenvalue weighted by Crippen LogP contribution is 2.55. The lowest BCUT2D eigenvalue weighted by Crippen LogP contribution is -2.26. The van der Waals surface area contributed by atoms with Gasteiger partial charge in [-0.05, 0) is 156 Å². The van der Waals surface area contributed by atoms with Gasteiger partial charge in [0.15, 0.2) is 0 Å². The standard InChI is InChI=1S/C78H84N4O2/c1-73(2,3)48-30-33-55(62(42-48)77(13,14)15)60-40-51(76(10,11)12)41-61(56-34-31-49(74(4,5)6)43-63(56)78(16,17)18)71(60)81-47-80(64-27-20-21-28-65(64)81)52-24-23-25-53(45-52)83-54-32-35-57-58-36-37-68-70(59-26-19-22-29-67(59)84-68)72(58)82(66(57)46-54)69-44-50(38-39-79-69)75(7,8)9/h19-46H,47H2,1-18H3. The largest absolute Gasteiger partial charge is 0.457 e. The molecule has 3 aromatic heterocycles. The molecule has 428 valence electrons. The Morgan fingerprint density at radius 2 is 0.952 bits per heavy atom. The van der Waals surface area contributed by atoms with Gasteiger partial charge < -0.3 is 19.0 Å². The monoisotopic (exact) mass is 1110 g/mol. The molecule has 0 spiro atoms. The smallest absolute Gasteiger partial charge is 0.137 e. The summed E-state index contributed by atoms with van der Waals surface area (Å²) in [6.07, 6.45) is 1.94. The number of hydrogen-bond acceptors (Lipinski definition) is 5. The van der Waals surface area contributed by atoms with Gasteiger partial charge in [0.05, 0.1) is 33.5 Å². The Morgan fingerprint density at radius 3 is 1.55 bits per heavy atom. The highest BCUT2D eigenvalue weighted by molar-refractivity contribution is 6.24. The fourth-order valence-corrected chi connectivity index (χ4v) is 12.6. The number of aromatic nitrogens is 2. The van der Waals surface area contributed by atoms with Crippen molar-refractivity contribution in [1.29, 1.82) is 0 Å². The van der Waals surface area contributed by atoms with Gasteiger partial charge in [0.25, 0.3) is 0 Å². The van der Waals surface area contributed by atoms with Crippen LogP contribution in [0.1, 0.15) is 158 Å². The van der Waals surface area contributed by atoms with Gasteiger partial charge >= 0.3 is 0 Å². The van der Waals surface area contributed by atoms with Crippen molar-refractivity contribution in [2.24, 2.45) is 0 Å². The molecule has 8 aromatic carbocycles. The van der Waals surface area contributed by atoms with Crippen LogP contribution in [0.5, 0.6) is 11.5 Å². The first-order valence-electron chi connectivity index (χ1n) is 30.2. The highest BCUT2D eigenvalue weighted by atomic mass is 16.5. The number of benzene rings is 8. The van der Waals surface area contributed by atoms with E-state index in [1.165, 1.54) is 61.3 Å². The lowest BCUT2D eigenvalue weighted by atomic mass is 9.74. The second-order valence-corrected chi connectivity index (χ2v) is 29.9. The Morgan fingerprint density at radius 1 is 0.405 bits per heavy atom. The van der Waals surface area contributed by atoms with E-state index in [-0.39, 0.29) is 32.5 Å². The predicted molar refractivity (Wildman–Crippen MR) is 357 cm³/mol. The average molecular weight is 1110 g/mol. The van der Waals surface area contributed by atoms with Gasteiger partial charge in [0.1, 0.15) is 35.2 Å². The lowest BCUT2D eigenvalue weighted by Gasteiger charge is -2.34. The molecular formula is C78H84N4O2. The number of fused-ring (bicyclic) bond motifs is 8. The Kier molecular flexibility index (Phi) is 13.3. The zero-order chi connectivity index (χ0) is 59.8. The second kappa shape index (κ2) is 19.8. The van der Waals surface area contributed by atoms with E-state index in [0.29, 0.717) is 6.67 Å². The number of ether oxygens (including phenoxy) is 1. The number of nitrogens with zero attached hydrogens (tertiary/aromatic N) is 4. The normalized spacial score (nSPS) is 13.7. The van der Waals surface area contributed by atoms with Crippen molar-refractivity contribution in [2.75, 3.05) is 16.5 Å². The molecule has 0 radical (unpaired) electrons. The minimum atomic E-state index is -0.150. The zero-order valence-corrected chi connectivity index (χ0v) is 53.0. The summed E-state index contributed by atoms with van der Waals surface area (Å²) in [4.78, 5) is 10.1. The van der Waals surface area contributed by atoms with Crippen LogP contribution >= 0.6 is 0 Å². The van der Waals surface area contributed by atoms with Gasteiger partial charge in [-0.15, -0.1) is 0 Å². The number of furan rings is 1. The van der Waals surface area contributed by atoms with E-state index in [9.17, 15) is 0 Å². The summed E-state index contributed by atoms with van der Waals surface area (Å²) in [5.74, 6) is 2.34. The molecule has 0 fully saturated rings. The van der Waals surface area contributed by atoms with E-state index in [1.807, 2.05) is 12.3 Å². The van der Waals surface area contributed by atoms with Crippen LogP contribution in [0, 0.1) is 0 Å². The summed E-state index contributed by atoms with van der Waals surface area (Å²) in [7, 11) is 0. The number of anilines is 4. The molecule has 4 heterocycles. The van der Waals surface area contributed by atoms with Crippen molar-refractivity contribution < 1.29 is 9.15 Å². The van der Waals surface area contributed by atoms with Crippen LogP contribution < -0.4 is 14.5 Å². The third kappa shape index (κ3) is 10.0. The van der Waals surface area contributed by atoms with E-state index in [0.717, 1.165) is 78.1 Å². The van der Waals surface area contributed by atoms with Crippen LogP contribution in [0.15, 0.2) is 174 Å². The van der Waals surface area contributed by atoms with E-state index < -0.39 is 0 Å². The number of rotatable bonds is 7. The summed E-state index contributed by atoms with van der Waals surface area (Å²) in [6, 6.07) is 60.7. The van der Waals surface area contributed by atoms with Crippen molar-refractivity contribution in [1.82, 2.24) is 9.55 Å². The van der Waals surface area contributed by atoms with Crippen LogP contribution in [0.2, 0.25) is 0 Å². The van der Waals surface area contributed by atoms with Crippen LogP contribution in [0.25, 0.3) is 71.8 Å². The van der Waals surface area contributed by atoms with E-state index in [4.69, 9.17) is 14.1 Å². The van der Waals surface area contributed by atoms with Gasteiger partial charge in [0.2, 0.25) is 0 Å². The number of hydrogen-bond donors (Lipinski definition) is 0. The highest BCUT2D eigenvalue weighted by Gasteiger charge is 2.36. The molecule has 1 aliphatic heterocycles. The topological polar surface area (TPSA) is 46.7 Å². The van der Waals surface area contributed by atoms with Crippen LogP contribution in [-0.2, 0) is 32.5 Å². The maximum Gasteiger partial charge on any atom is 0.137 e. The number of pyridine rings is 1. The quantitative estimate of drug-likeness (QED) is 0.159. The molecule has 0 amide bonds. The van der Waals surface area contributed by atoms with Crippen molar-refractivity contribution in [3.8, 4) is 39.6 Å². The van der Waals surface area contributed by atoms with Crippen LogP contribution in [0.3, 0.4) is 0 Å². The summed E-state index contributed by atoms with van der Waals surface area (Å²) in [6.45, 7) is 42.6. The van der Waals surface area contributed by atoms with Crippen molar-refractivity contribution in [2.45, 2.75) is 157 Å². The Labute approximate surface area is 499 Å². The van der Waals surface area contributed by atoms with Gasteiger partial charge in [-0.2, -0.15) is 0 Å². The lowest BCUT2D eigenvalue weighted by molar-refractivity contribution is 0.483. The Hall–Kier alpha value is -8.09. The SMILES string of the molecule is CC(C)(C)c1ccnc(-n2c3cc(Oc4cccc(N5CN(c6c(-c7ccc(C(C)(C)C)cc7C(C)(C)C)cc(C(C)(C)C)cc6-c6ccc(C(C)(C)C)cc6C(C)(C)C)c6ccccc65)c4)ccc3c3ccc4oc5ccccc5c4c32)c1. The van der Waals surface area contributed by atoms with Gasteiger partial charge in [-0.1, -0.05) is 197 Å². The first-order valence-corrected chi connectivity index (χ1v) is 30.2. The maximum atomic E-state index is 7.06. The number of para-hydroxylation sites is 3. The minimum absolute atomic E-state index is 0.0188. The van der Waals surface area contributed by atoms with Crippen molar-refractivity contribution in [3.05, 3.63) is 203 Å². The summed E-state index contributed by atoms with van der Waals surface area (Å²) in [5, 5.41) is 4.39. The fourth-order valence-electron chi connectivity index (χ4n) is 12.6. The minimum Gasteiger partial charge on any atom is -0.457 e. The molecule has 1 aliphatic rings. The molecular weight excluding hydrogens is 1020 g/mol. The molecule has 0 aliphatic carbocycles. The van der Waals surface area contributed by atoms with Crippen molar-refractivity contribution >= 4 is 66.5 Å². The van der Waals surface area contributed by atoms with Gasteiger partial charge in [0, 0.05) is 51.3 Å². The molecule has 0 saturated heterocycles. The van der Waals surface area contributed by atoms with E-state index in [2.05, 4.69) is 297 Å². The molecule has 0 atom stereocenters. The first kappa shape index (κ1) is 56.4. The maximum absolute atomic E-state index is 7.06. The summed E-state index contributed by atoms with van der Waals surface area (Å²) < 4.78 is 15.9. The molecule has 6 heteroatoms. The second-order valence-electron chi connectivity index (χ2n) is 29.9. The molecule has 0 bridgehead atoms. The van der Waals surface area contributed by atoms with Gasteiger partial charge in [-0.25, -0.2) is 4.98 Å². The molecule has 0 N–H and O–H groups in total. The summed E-state index contributed by atoms with van der Waals surface area (Å²) >= 11 is 0.